The van der Waals surface area contributed by atoms with Crippen LogP contribution < -0.4 is 22.8 Å². The number of pyridine rings is 5. The zero-order chi connectivity index (χ0) is 76.3. The maximum Gasteiger partial charge on any atom is 0.212 e. The molecule has 5 heterocycles. The number of rotatable bonds is 5. The van der Waals surface area contributed by atoms with Crippen molar-refractivity contribution in [3.05, 3.63) is 263 Å². The molecule has 446 valence electrons. The highest BCUT2D eigenvalue weighted by Crippen LogP contribution is 2.29. The van der Waals surface area contributed by atoms with Gasteiger partial charge in [0.05, 0.1) is 0 Å². The summed E-state index contributed by atoms with van der Waals surface area (Å²) in [5, 5.41) is 0. The summed E-state index contributed by atoms with van der Waals surface area (Å²) in [7, 11) is 9.72. The van der Waals surface area contributed by atoms with Crippen LogP contribution in [0.25, 0.3) is 56.3 Å². The van der Waals surface area contributed by atoms with Gasteiger partial charge in [-0.3, -0.25) is 0 Å². The lowest BCUT2D eigenvalue weighted by Crippen LogP contribution is -2.31. The first kappa shape index (κ1) is 48.0. The minimum absolute atomic E-state index is 0.303. The van der Waals surface area contributed by atoms with Gasteiger partial charge in [0.1, 0.15) is 35.2 Å². The van der Waals surface area contributed by atoms with E-state index in [1.165, 1.54) is 78.1 Å². The van der Waals surface area contributed by atoms with E-state index in [-0.39, 0.29) is 0 Å². The molecule has 0 aliphatic carbocycles. The highest BCUT2D eigenvalue weighted by Gasteiger charge is 2.20. The van der Waals surface area contributed by atoms with E-state index in [0.717, 1.165) is 50.5 Å². The molecule has 0 aliphatic heterocycles. The summed E-state index contributed by atoms with van der Waals surface area (Å²) in [6, 6.07) is 38.1. The van der Waals surface area contributed by atoms with E-state index in [9.17, 15) is 0 Å². The number of hydrogen-bond donors (Lipinski definition) is 0. The summed E-state index contributed by atoms with van der Waals surface area (Å²) in [6.45, 7) is 21.8. The molecule has 10 aromatic rings. The normalized spacial score (nSPS) is 14.0. The van der Waals surface area contributed by atoms with Crippen LogP contribution in [0.3, 0.4) is 0 Å². The summed E-state index contributed by atoms with van der Waals surface area (Å²) in [5.74, 6) is 0. The van der Waals surface area contributed by atoms with E-state index in [2.05, 4.69) is 166 Å². The van der Waals surface area contributed by atoms with Crippen molar-refractivity contribution in [1.82, 2.24) is 0 Å². The second-order valence-electron chi connectivity index (χ2n) is 23.7. The van der Waals surface area contributed by atoms with Crippen molar-refractivity contribution in [2.45, 2.75) is 145 Å². The summed E-state index contributed by atoms with van der Waals surface area (Å²) in [5.41, 5.74) is 30.4. The van der Waals surface area contributed by atoms with Crippen molar-refractivity contribution in [3.63, 3.8) is 0 Å². The Morgan fingerprint density at radius 3 is 0.884 bits per heavy atom. The van der Waals surface area contributed by atoms with E-state index in [0.29, 0.717) is 44.5 Å². The van der Waals surface area contributed by atoms with Gasteiger partial charge in [-0.2, -0.15) is 0 Å². The third kappa shape index (κ3) is 16.2. The minimum atomic E-state index is -2.16. The molecule has 0 saturated heterocycles. The van der Waals surface area contributed by atoms with Crippen LogP contribution in [-0.2, 0) is 35.2 Å². The van der Waals surface area contributed by atoms with Gasteiger partial charge in [0, 0.05) is 107 Å². The van der Waals surface area contributed by atoms with Gasteiger partial charge in [-0.1, -0.05) is 65.7 Å². The Morgan fingerprint density at radius 2 is 0.523 bits per heavy atom. The molecule has 0 aliphatic rings. The van der Waals surface area contributed by atoms with Gasteiger partial charge in [0.25, 0.3) is 0 Å². The molecule has 0 amide bonds. The summed E-state index contributed by atoms with van der Waals surface area (Å²) in [4.78, 5) is 0. The summed E-state index contributed by atoms with van der Waals surface area (Å²) >= 11 is 0. The fraction of sp³-hybridized carbons (Fsp3) is 0.321. The molecule has 0 spiro atoms. The van der Waals surface area contributed by atoms with Gasteiger partial charge in [-0.25, -0.2) is 22.8 Å². The SMILES string of the molecule is Cc1cc(-c2cccc(C)c2C)[n+](C)cc1C.Cc1ccc(-c2cc(C)c(C)c[n+]2C)c(C)c1.[2H]C([2H])([2H])c1c[n+](C)c(-c2cccc(C)c2C)cc1C.[2H]C([2H])([2H])c1cc(C)c(-c2cc(C)c(C([2H])([2H])[2H])c[n+]2C)cc1C.[2H]C([2H])([2H])c1ccc(-c2cc(C)c(C([2H])([2H])[2H])c[n+]2C)c(C)c1. The first-order valence-electron chi connectivity index (χ1n) is 36.8. The van der Waals surface area contributed by atoms with Crippen LogP contribution in [0.2, 0.25) is 0 Å². The Balaban J connectivity index is 0.000000200. The van der Waals surface area contributed by atoms with Crippen molar-refractivity contribution in [2.24, 2.45) is 35.2 Å². The van der Waals surface area contributed by atoms with Crippen LogP contribution in [0.4, 0.5) is 0 Å². The quantitative estimate of drug-likeness (QED) is 0.153. The largest absolute Gasteiger partial charge is 0.212 e. The van der Waals surface area contributed by atoms with E-state index < -0.39 is 34.3 Å². The highest BCUT2D eigenvalue weighted by atomic mass is 14.9. The molecule has 5 aromatic carbocycles. The molecule has 5 aromatic heterocycles. The van der Waals surface area contributed by atoms with Gasteiger partial charge in [0.2, 0.25) is 28.5 Å². The molecule has 0 unspecified atom stereocenters. The number of hydrogen-bond acceptors (Lipinski definition) is 0. The molecule has 0 saturated carbocycles. The fourth-order valence-corrected chi connectivity index (χ4v) is 10.6. The van der Waals surface area contributed by atoms with E-state index >= 15 is 0 Å². The van der Waals surface area contributed by atoms with E-state index in [1.54, 1.807) is 86.9 Å². The average Bonchev–Trinajstić information content (AvgIpc) is 0.793. The zero-order valence-corrected chi connectivity index (χ0v) is 55.1. The summed E-state index contributed by atoms with van der Waals surface area (Å²) < 4.78 is 124. The van der Waals surface area contributed by atoms with Gasteiger partial charge in [-0.15, -0.1) is 0 Å². The van der Waals surface area contributed by atoms with Crippen molar-refractivity contribution in [2.75, 3.05) is 0 Å². The lowest BCUT2D eigenvalue weighted by Gasteiger charge is -2.10. The third-order valence-corrected chi connectivity index (χ3v) is 16.7. The maximum atomic E-state index is 7.62. The van der Waals surface area contributed by atoms with Crippen molar-refractivity contribution in [1.29, 1.82) is 0 Å². The van der Waals surface area contributed by atoms with Crippen LogP contribution >= 0.6 is 0 Å². The average molecular weight is 1160 g/mol. The van der Waals surface area contributed by atoms with Gasteiger partial charge >= 0.3 is 0 Å². The molecule has 0 N–H and O–H groups in total. The molecule has 5 heteroatoms. The molecule has 10 rings (SSSR count). The Kier molecular flexibility index (Phi) is 16.1. The molecule has 0 fully saturated rings. The second kappa shape index (κ2) is 28.8. The van der Waals surface area contributed by atoms with Gasteiger partial charge in [-0.05, 0) is 253 Å². The lowest BCUT2D eigenvalue weighted by atomic mass is 9.97. The van der Waals surface area contributed by atoms with Crippen molar-refractivity contribution >= 4 is 0 Å². The predicted molar refractivity (Wildman–Crippen MR) is 365 cm³/mol. The Labute approximate surface area is 541 Å². The molecule has 86 heavy (non-hydrogen) atoms. The number of benzene rings is 5. The first-order chi connectivity index (χ1) is 46.4. The lowest BCUT2D eigenvalue weighted by molar-refractivity contribution is -0.660. The summed E-state index contributed by atoms with van der Waals surface area (Å²) in [6.07, 6.45) is 9.37. The minimum Gasteiger partial charge on any atom is -0.201 e. The van der Waals surface area contributed by atoms with Crippen molar-refractivity contribution < 1.29 is 43.4 Å². The van der Waals surface area contributed by atoms with Crippen LogP contribution in [0, 0.1) is 145 Å². The maximum absolute atomic E-state index is 7.62. The highest BCUT2D eigenvalue weighted by molar-refractivity contribution is 5.67. The first-order valence-corrected chi connectivity index (χ1v) is 29.3. The van der Waals surface area contributed by atoms with E-state index in [1.807, 2.05) is 62.7 Å². The molecule has 0 atom stereocenters. The van der Waals surface area contributed by atoms with Gasteiger partial charge < -0.3 is 0 Å². The monoisotopic (exact) mass is 1160 g/mol. The zero-order valence-electron chi connectivity index (χ0n) is 70.1. The van der Waals surface area contributed by atoms with Crippen LogP contribution in [0.15, 0.2) is 146 Å². The predicted octanol–water partition coefficient (Wildman–Crippen LogP) is 17.4. The standard InChI is InChI=1S/C17H22N.4C16H20N/c1-11-7-14(4)16(8-12(11)2)17-9-13(3)15(5)10-18(17)6;2*1-11-6-7-15(13(3)8-11)16-9-12(2)14(4)10-17(16)5;2*1-11-7-6-8-15(14(11)4)16-9-12(2)13(3)10-17(16)5/h7-10H,1-6H3;4*6-10H,1-5H3/q5*+1/i1D3,5D3;1D3,4D3;;3D3;. The van der Waals surface area contributed by atoms with E-state index in [4.69, 9.17) is 20.6 Å². The Hall–Kier alpha value is -8.15. The second-order valence-corrected chi connectivity index (χ2v) is 23.7. The topological polar surface area (TPSA) is 19.4 Å². The Bertz CT molecular complexity index is 4630. The Morgan fingerprint density at radius 1 is 0.221 bits per heavy atom. The molecule has 5 nitrogen and oxygen atoms in total. The van der Waals surface area contributed by atoms with Crippen molar-refractivity contribution in [3.8, 4) is 56.3 Å². The van der Waals surface area contributed by atoms with Crippen LogP contribution in [-0.4, -0.2) is 0 Å². The molecule has 0 radical (unpaired) electrons. The number of aromatic nitrogens is 5. The van der Waals surface area contributed by atoms with Gasteiger partial charge in [0.15, 0.2) is 31.0 Å². The van der Waals surface area contributed by atoms with Crippen LogP contribution in [0.1, 0.15) is 137 Å². The third-order valence-electron chi connectivity index (χ3n) is 16.7. The smallest absolute Gasteiger partial charge is 0.201 e. The molecular formula is C81H102N5+5. The fourth-order valence-electron chi connectivity index (χ4n) is 10.6. The molecular weight excluding hydrogens is 1040 g/mol. The molecule has 0 bridgehead atoms. The number of nitrogens with zero attached hydrogens (tertiary/aromatic N) is 5. The number of aryl methyl sites for hydroxylation is 24. The van der Waals surface area contributed by atoms with Crippen LogP contribution in [0.5, 0.6) is 0 Å².